The summed E-state index contributed by atoms with van der Waals surface area (Å²) in [6, 6.07) is 8.27. The second kappa shape index (κ2) is 4.91. The molecule has 1 aromatic carbocycles. The zero-order valence-corrected chi connectivity index (χ0v) is 10.5. The van der Waals surface area contributed by atoms with Crippen LogP contribution in [0.15, 0.2) is 52.0 Å². The number of nitrogens with zero attached hydrogens (tertiary/aromatic N) is 1. The van der Waals surface area contributed by atoms with Gasteiger partial charge in [-0.3, -0.25) is 0 Å². The van der Waals surface area contributed by atoms with Crippen LogP contribution in [0.5, 0.6) is 0 Å². The van der Waals surface area contributed by atoms with Crippen molar-refractivity contribution in [3.05, 3.63) is 54.2 Å². The number of halogens is 1. The molecule has 0 radical (unpaired) electrons. The average molecular weight is 269 g/mol. The summed E-state index contributed by atoms with van der Waals surface area (Å²) >= 11 is 0. The van der Waals surface area contributed by atoms with E-state index in [1.54, 1.807) is 12.1 Å². The maximum Gasteiger partial charge on any atom is 0.243 e. The standard InChI is InChI=1S/C12H12FNO3S/c1-14(9-11-5-3-7-17-11)18(15,16)12-6-2-4-10(13)8-12/h2-8H,9H2,1H3. The van der Waals surface area contributed by atoms with Crippen molar-refractivity contribution < 1.29 is 17.2 Å². The summed E-state index contributed by atoms with van der Waals surface area (Å²) in [4.78, 5) is -0.0726. The smallest absolute Gasteiger partial charge is 0.243 e. The zero-order valence-electron chi connectivity index (χ0n) is 9.71. The van der Waals surface area contributed by atoms with E-state index in [9.17, 15) is 12.8 Å². The highest BCUT2D eigenvalue weighted by atomic mass is 32.2. The van der Waals surface area contributed by atoms with Crippen molar-refractivity contribution in [2.45, 2.75) is 11.4 Å². The molecule has 0 spiro atoms. The fourth-order valence-electron chi connectivity index (χ4n) is 1.51. The molecule has 0 aliphatic rings. The fourth-order valence-corrected chi connectivity index (χ4v) is 2.68. The Labute approximate surface area is 105 Å². The highest BCUT2D eigenvalue weighted by Gasteiger charge is 2.21. The Bertz CT molecular complexity index is 623. The lowest BCUT2D eigenvalue weighted by Crippen LogP contribution is -2.26. The van der Waals surface area contributed by atoms with Gasteiger partial charge in [0.15, 0.2) is 0 Å². The Kier molecular flexibility index (Phi) is 3.49. The van der Waals surface area contributed by atoms with E-state index < -0.39 is 15.8 Å². The normalized spacial score (nSPS) is 11.9. The Balaban J connectivity index is 2.25. The van der Waals surface area contributed by atoms with Crippen molar-refractivity contribution in [3.8, 4) is 0 Å². The van der Waals surface area contributed by atoms with E-state index >= 15 is 0 Å². The number of sulfonamides is 1. The predicted octanol–water partition coefficient (Wildman–Crippen LogP) is 2.24. The van der Waals surface area contributed by atoms with E-state index in [0.29, 0.717) is 5.76 Å². The Morgan fingerprint density at radius 2 is 2.06 bits per heavy atom. The molecule has 1 aromatic heterocycles. The van der Waals surface area contributed by atoms with Crippen LogP contribution in [0.1, 0.15) is 5.76 Å². The van der Waals surface area contributed by atoms with Crippen LogP contribution in [0.25, 0.3) is 0 Å². The van der Waals surface area contributed by atoms with E-state index in [0.717, 1.165) is 10.4 Å². The summed E-state index contributed by atoms with van der Waals surface area (Å²) in [5.41, 5.74) is 0. The van der Waals surface area contributed by atoms with Crippen LogP contribution in [0.3, 0.4) is 0 Å². The van der Waals surface area contributed by atoms with Crippen molar-refractivity contribution in [2.75, 3.05) is 7.05 Å². The van der Waals surface area contributed by atoms with Gasteiger partial charge in [-0.25, -0.2) is 12.8 Å². The third kappa shape index (κ3) is 2.60. The van der Waals surface area contributed by atoms with Gasteiger partial charge in [0.2, 0.25) is 10.0 Å². The molecule has 0 amide bonds. The topological polar surface area (TPSA) is 50.5 Å². The minimum Gasteiger partial charge on any atom is -0.468 e. The van der Waals surface area contributed by atoms with Crippen LogP contribution < -0.4 is 0 Å². The molecule has 0 aliphatic carbocycles. The summed E-state index contributed by atoms with van der Waals surface area (Å²) in [7, 11) is -2.28. The van der Waals surface area contributed by atoms with Gasteiger partial charge in [0.05, 0.1) is 17.7 Å². The SMILES string of the molecule is CN(Cc1ccco1)S(=O)(=O)c1cccc(F)c1. The molecule has 0 N–H and O–H groups in total. The van der Waals surface area contributed by atoms with Gasteiger partial charge in [0.25, 0.3) is 0 Å². The number of hydrogen-bond acceptors (Lipinski definition) is 3. The first kappa shape index (κ1) is 12.8. The number of furan rings is 1. The molecule has 96 valence electrons. The minimum atomic E-state index is -3.70. The maximum absolute atomic E-state index is 13.0. The second-order valence-corrected chi connectivity index (χ2v) is 5.84. The fraction of sp³-hybridized carbons (Fsp3) is 0.167. The summed E-state index contributed by atoms with van der Waals surface area (Å²) < 4.78 is 43.5. The number of benzene rings is 1. The van der Waals surface area contributed by atoms with Gasteiger partial charge in [0.1, 0.15) is 11.6 Å². The predicted molar refractivity (Wildman–Crippen MR) is 63.8 cm³/mol. The van der Waals surface area contributed by atoms with Crippen molar-refractivity contribution in [1.82, 2.24) is 4.31 Å². The molecule has 6 heteroatoms. The summed E-state index contributed by atoms with van der Waals surface area (Å²) in [5, 5.41) is 0. The van der Waals surface area contributed by atoms with E-state index in [2.05, 4.69) is 0 Å². The molecule has 1 heterocycles. The van der Waals surface area contributed by atoms with Crippen LogP contribution in [0, 0.1) is 5.82 Å². The Morgan fingerprint density at radius 3 is 2.67 bits per heavy atom. The van der Waals surface area contributed by atoms with Crippen LogP contribution in [0.2, 0.25) is 0 Å². The molecule has 0 atom stereocenters. The molecule has 0 bridgehead atoms. The molecule has 0 fully saturated rings. The Morgan fingerprint density at radius 1 is 1.28 bits per heavy atom. The molecule has 2 rings (SSSR count). The molecular formula is C12H12FNO3S. The first-order chi connectivity index (χ1) is 8.50. The zero-order chi connectivity index (χ0) is 13.2. The molecule has 18 heavy (non-hydrogen) atoms. The average Bonchev–Trinajstić information content (AvgIpc) is 2.81. The van der Waals surface area contributed by atoms with Gasteiger partial charge in [-0.2, -0.15) is 4.31 Å². The summed E-state index contributed by atoms with van der Waals surface area (Å²) in [6.07, 6.45) is 1.47. The second-order valence-electron chi connectivity index (χ2n) is 3.80. The van der Waals surface area contributed by atoms with Crippen molar-refractivity contribution in [1.29, 1.82) is 0 Å². The van der Waals surface area contributed by atoms with Crippen LogP contribution in [0.4, 0.5) is 4.39 Å². The lowest BCUT2D eigenvalue weighted by atomic mass is 10.4. The maximum atomic E-state index is 13.0. The van der Waals surface area contributed by atoms with Crippen molar-refractivity contribution in [3.63, 3.8) is 0 Å². The quantitative estimate of drug-likeness (QED) is 0.855. The third-order valence-corrected chi connectivity index (χ3v) is 4.26. The van der Waals surface area contributed by atoms with Crippen molar-refractivity contribution >= 4 is 10.0 Å². The van der Waals surface area contributed by atoms with Gasteiger partial charge in [-0.05, 0) is 30.3 Å². The number of hydrogen-bond donors (Lipinski definition) is 0. The molecule has 0 unspecified atom stereocenters. The molecule has 4 nitrogen and oxygen atoms in total. The lowest BCUT2D eigenvalue weighted by molar-refractivity contribution is 0.406. The third-order valence-electron chi connectivity index (χ3n) is 2.46. The van der Waals surface area contributed by atoms with E-state index in [1.807, 2.05) is 0 Å². The van der Waals surface area contributed by atoms with E-state index in [4.69, 9.17) is 4.42 Å². The van der Waals surface area contributed by atoms with Gasteiger partial charge >= 0.3 is 0 Å². The minimum absolute atomic E-state index is 0.0726. The molecule has 2 aromatic rings. The van der Waals surface area contributed by atoms with Crippen molar-refractivity contribution in [2.24, 2.45) is 0 Å². The van der Waals surface area contributed by atoms with E-state index in [1.165, 1.54) is 31.5 Å². The Hall–Kier alpha value is -1.66. The molecule has 0 aliphatic heterocycles. The molecule has 0 saturated carbocycles. The van der Waals surface area contributed by atoms with Crippen LogP contribution in [-0.2, 0) is 16.6 Å². The highest BCUT2D eigenvalue weighted by molar-refractivity contribution is 7.89. The van der Waals surface area contributed by atoms with E-state index in [-0.39, 0.29) is 11.4 Å². The number of rotatable bonds is 4. The first-order valence-electron chi connectivity index (χ1n) is 5.24. The summed E-state index contributed by atoms with van der Waals surface area (Å²) in [5.74, 6) is -0.0556. The molecular weight excluding hydrogens is 257 g/mol. The van der Waals surface area contributed by atoms with Gasteiger partial charge in [-0.15, -0.1) is 0 Å². The summed E-state index contributed by atoms with van der Waals surface area (Å²) in [6.45, 7) is 0.103. The molecule has 0 saturated heterocycles. The first-order valence-corrected chi connectivity index (χ1v) is 6.68. The van der Waals surface area contributed by atoms with Gasteiger partial charge in [-0.1, -0.05) is 6.07 Å². The van der Waals surface area contributed by atoms with Gasteiger partial charge < -0.3 is 4.42 Å². The lowest BCUT2D eigenvalue weighted by Gasteiger charge is -2.15. The monoisotopic (exact) mass is 269 g/mol. The van der Waals surface area contributed by atoms with Gasteiger partial charge in [0, 0.05) is 7.05 Å². The van der Waals surface area contributed by atoms with Crippen LogP contribution >= 0.6 is 0 Å². The van der Waals surface area contributed by atoms with Crippen LogP contribution in [-0.4, -0.2) is 19.8 Å². The largest absolute Gasteiger partial charge is 0.468 e. The highest BCUT2D eigenvalue weighted by Crippen LogP contribution is 2.17.